The smallest absolute Gasteiger partial charge is 0.134 e. The summed E-state index contributed by atoms with van der Waals surface area (Å²) >= 11 is 0. The Morgan fingerprint density at radius 3 is 2.58 bits per heavy atom. The summed E-state index contributed by atoms with van der Waals surface area (Å²) in [6, 6.07) is 8.05. The Kier molecular flexibility index (Phi) is 6.37. The van der Waals surface area contributed by atoms with Gasteiger partial charge in [-0.3, -0.25) is 4.90 Å². The van der Waals surface area contributed by atoms with Gasteiger partial charge in [-0.05, 0) is 49.8 Å². The molecule has 0 amide bonds. The van der Waals surface area contributed by atoms with Crippen LogP contribution in [0, 0.1) is 17.2 Å². The average molecular weight is 353 g/mol. The van der Waals surface area contributed by atoms with Crippen molar-refractivity contribution in [2.24, 2.45) is 5.92 Å². The van der Waals surface area contributed by atoms with Gasteiger partial charge in [-0.15, -0.1) is 0 Å². The molecule has 6 heteroatoms. The second kappa shape index (κ2) is 8.93. The molecule has 2 aromatic rings. The molecule has 2 heterocycles. The number of hydrogen-bond acceptors (Lipinski definition) is 6. The molecular weight excluding hydrogens is 326 g/mol. The van der Waals surface area contributed by atoms with Crippen molar-refractivity contribution in [3.05, 3.63) is 30.1 Å². The fraction of sp³-hybridized carbons (Fsp3) is 0.550. The number of nitrogens with zero attached hydrogens (tertiary/aromatic N) is 4. The molecule has 1 saturated carbocycles. The van der Waals surface area contributed by atoms with Crippen LogP contribution in [-0.4, -0.2) is 47.2 Å². The van der Waals surface area contributed by atoms with Crippen molar-refractivity contribution in [3.8, 4) is 6.07 Å². The number of anilines is 1. The highest BCUT2D eigenvalue weighted by Gasteiger charge is 2.24. The van der Waals surface area contributed by atoms with Crippen LogP contribution in [0.1, 0.15) is 38.2 Å². The van der Waals surface area contributed by atoms with Gasteiger partial charge in [0.2, 0.25) is 0 Å². The van der Waals surface area contributed by atoms with Gasteiger partial charge in [-0.1, -0.05) is 6.92 Å². The number of nitrogen functional groups attached to an aromatic ring is 1. The van der Waals surface area contributed by atoms with E-state index >= 15 is 0 Å². The number of nitriles is 1. The van der Waals surface area contributed by atoms with Gasteiger partial charge >= 0.3 is 0 Å². The molecule has 26 heavy (non-hydrogen) atoms. The molecule has 2 fully saturated rings. The summed E-state index contributed by atoms with van der Waals surface area (Å²) in [5, 5.41) is 9.38. The zero-order chi connectivity index (χ0) is 18.4. The summed E-state index contributed by atoms with van der Waals surface area (Å²) < 4.78 is 5.37. The van der Waals surface area contributed by atoms with Gasteiger partial charge in [0.25, 0.3) is 0 Å². The molecule has 0 atom stereocenters. The van der Waals surface area contributed by atoms with Crippen LogP contribution in [-0.2, 0) is 4.74 Å². The number of morpholine rings is 1. The van der Waals surface area contributed by atoms with Gasteiger partial charge in [0.1, 0.15) is 12.1 Å². The predicted molar refractivity (Wildman–Crippen MR) is 102 cm³/mol. The molecule has 0 unspecified atom stereocenters. The lowest BCUT2D eigenvalue weighted by Gasteiger charge is -2.38. The number of hydrogen-bond donors (Lipinski definition) is 1. The summed E-state index contributed by atoms with van der Waals surface area (Å²) in [6.45, 7) is 6.62. The molecule has 0 bridgehead atoms. The van der Waals surface area contributed by atoms with E-state index in [0.717, 1.165) is 36.1 Å². The quantitative estimate of drug-likeness (QED) is 0.848. The van der Waals surface area contributed by atoms with Crippen LogP contribution >= 0.6 is 0 Å². The first kappa shape index (κ1) is 18.6. The molecule has 1 aliphatic heterocycles. The van der Waals surface area contributed by atoms with E-state index in [-0.39, 0.29) is 0 Å². The summed E-state index contributed by atoms with van der Waals surface area (Å²) in [5.41, 5.74) is 6.94. The van der Waals surface area contributed by atoms with Crippen LogP contribution in [0.15, 0.2) is 24.5 Å². The molecule has 0 radical (unpaired) electrons. The lowest BCUT2D eigenvalue weighted by molar-refractivity contribution is 0.00559. The van der Waals surface area contributed by atoms with Crippen LogP contribution in [0.2, 0.25) is 0 Å². The van der Waals surface area contributed by atoms with Crippen LogP contribution in [0.25, 0.3) is 10.9 Å². The highest BCUT2D eigenvalue weighted by molar-refractivity contribution is 5.88. The number of ether oxygens (including phenoxy) is 1. The molecule has 0 spiro atoms. The van der Waals surface area contributed by atoms with E-state index in [9.17, 15) is 0 Å². The van der Waals surface area contributed by atoms with Crippen LogP contribution in [0.3, 0.4) is 0 Å². The Morgan fingerprint density at radius 2 is 1.88 bits per heavy atom. The number of fused-ring (bicyclic) bond motifs is 1. The molecule has 138 valence electrons. The van der Waals surface area contributed by atoms with E-state index in [0.29, 0.717) is 11.4 Å². The Balaban J connectivity index is 0.000000151. The lowest BCUT2D eigenvalue weighted by Crippen LogP contribution is -2.44. The maximum absolute atomic E-state index is 8.66. The maximum atomic E-state index is 8.66. The topological polar surface area (TPSA) is 88.1 Å². The van der Waals surface area contributed by atoms with Crippen molar-refractivity contribution in [1.29, 1.82) is 5.26 Å². The fourth-order valence-corrected chi connectivity index (χ4v) is 3.70. The Morgan fingerprint density at radius 1 is 1.15 bits per heavy atom. The van der Waals surface area contributed by atoms with Crippen molar-refractivity contribution in [1.82, 2.24) is 14.9 Å². The standard InChI is InChI=1S/C11H21NO.C9H6N4/c1-10-2-4-11(5-3-10)12-6-8-13-9-7-12;10-4-6-1-2-8-7(3-6)9(11)13-5-12-8/h10-11H,2-9H2,1H3;1-3,5H,(H2,11,12,13). The van der Waals surface area contributed by atoms with Gasteiger partial charge in [0.05, 0.1) is 30.4 Å². The first-order chi connectivity index (χ1) is 12.7. The van der Waals surface area contributed by atoms with E-state index < -0.39 is 0 Å². The number of nitrogens with two attached hydrogens (primary N) is 1. The van der Waals surface area contributed by atoms with Gasteiger partial charge < -0.3 is 10.5 Å². The molecule has 6 nitrogen and oxygen atoms in total. The molecule has 4 rings (SSSR count). The minimum Gasteiger partial charge on any atom is -0.383 e. The second-order valence-corrected chi connectivity index (χ2v) is 7.16. The third-order valence-electron chi connectivity index (χ3n) is 5.34. The third kappa shape index (κ3) is 4.69. The van der Waals surface area contributed by atoms with Gasteiger partial charge in [-0.2, -0.15) is 5.26 Å². The number of aromatic nitrogens is 2. The van der Waals surface area contributed by atoms with Crippen molar-refractivity contribution < 1.29 is 4.74 Å². The van der Waals surface area contributed by atoms with Crippen molar-refractivity contribution in [3.63, 3.8) is 0 Å². The molecule has 2 aliphatic rings. The van der Waals surface area contributed by atoms with Crippen molar-refractivity contribution in [2.75, 3.05) is 32.0 Å². The summed E-state index contributed by atoms with van der Waals surface area (Å²) in [5.74, 6) is 1.37. The average Bonchev–Trinajstić information content (AvgIpc) is 2.70. The molecular formula is C20H27N5O. The Bertz CT molecular complexity index is 758. The van der Waals surface area contributed by atoms with Gasteiger partial charge in [0, 0.05) is 24.5 Å². The number of rotatable bonds is 1. The number of benzene rings is 1. The largest absolute Gasteiger partial charge is 0.383 e. The minimum atomic E-state index is 0.405. The minimum absolute atomic E-state index is 0.405. The molecule has 1 saturated heterocycles. The van der Waals surface area contributed by atoms with Crippen molar-refractivity contribution in [2.45, 2.75) is 38.6 Å². The maximum Gasteiger partial charge on any atom is 0.134 e. The van der Waals surface area contributed by atoms with E-state index in [1.54, 1.807) is 18.2 Å². The van der Waals surface area contributed by atoms with Gasteiger partial charge in [0.15, 0.2) is 0 Å². The second-order valence-electron chi connectivity index (χ2n) is 7.16. The molecule has 1 aromatic heterocycles. The normalized spacial score (nSPS) is 23.7. The zero-order valence-electron chi connectivity index (χ0n) is 15.4. The predicted octanol–water partition coefficient (Wildman–Crippen LogP) is 2.98. The highest BCUT2D eigenvalue weighted by Crippen LogP contribution is 2.27. The van der Waals surface area contributed by atoms with Crippen LogP contribution in [0.4, 0.5) is 5.82 Å². The Hall–Kier alpha value is -2.23. The summed E-state index contributed by atoms with van der Waals surface area (Å²) in [4.78, 5) is 10.5. The van der Waals surface area contributed by atoms with Crippen molar-refractivity contribution >= 4 is 16.7 Å². The van der Waals surface area contributed by atoms with Crippen LogP contribution in [0.5, 0.6) is 0 Å². The highest BCUT2D eigenvalue weighted by atomic mass is 16.5. The third-order valence-corrected chi connectivity index (χ3v) is 5.34. The summed E-state index contributed by atoms with van der Waals surface area (Å²) in [7, 11) is 0. The van der Waals surface area contributed by atoms with E-state index in [4.69, 9.17) is 15.7 Å². The first-order valence-electron chi connectivity index (χ1n) is 9.39. The lowest BCUT2D eigenvalue weighted by atomic mass is 9.86. The molecule has 1 aromatic carbocycles. The van der Waals surface area contributed by atoms with Crippen LogP contribution < -0.4 is 5.73 Å². The monoisotopic (exact) mass is 353 g/mol. The molecule has 2 N–H and O–H groups in total. The van der Waals surface area contributed by atoms with E-state index in [2.05, 4.69) is 21.8 Å². The first-order valence-corrected chi connectivity index (χ1v) is 9.39. The van der Waals surface area contributed by atoms with Gasteiger partial charge in [-0.25, -0.2) is 9.97 Å². The fourth-order valence-electron chi connectivity index (χ4n) is 3.70. The molecule has 1 aliphatic carbocycles. The van der Waals surface area contributed by atoms with E-state index in [1.165, 1.54) is 45.1 Å². The SMILES string of the molecule is CC1CCC(N2CCOCC2)CC1.N#Cc1ccc2ncnc(N)c2c1. The zero-order valence-corrected chi connectivity index (χ0v) is 15.4. The summed E-state index contributed by atoms with van der Waals surface area (Å²) in [6.07, 6.45) is 7.11. The Labute approximate surface area is 155 Å². The van der Waals surface area contributed by atoms with E-state index in [1.807, 2.05) is 6.07 Å².